The van der Waals surface area contributed by atoms with Gasteiger partial charge in [0.15, 0.2) is 0 Å². The second-order valence-electron chi connectivity index (χ2n) is 5.77. The topological polar surface area (TPSA) is 26.3 Å². The molecule has 0 saturated carbocycles. The average Bonchev–Trinajstić information content (AvgIpc) is 2.76. The van der Waals surface area contributed by atoms with Crippen molar-refractivity contribution in [1.29, 1.82) is 0 Å². The number of hydrogen-bond acceptors (Lipinski definition) is 2. The fourth-order valence-electron chi connectivity index (χ4n) is 3.09. The first-order chi connectivity index (χ1) is 9.69. The molecule has 2 atom stereocenters. The van der Waals surface area contributed by atoms with Gasteiger partial charge in [0.05, 0.1) is 12.5 Å². The summed E-state index contributed by atoms with van der Waals surface area (Å²) in [7, 11) is 0. The average molecular weight is 266 g/mol. The van der Waals surface area contributed by atoms with E-state index in [1.54, 1.807) is 0 Å². The molecule has 0 radical (unpaired) electrons. The minimum Gasteiger partial charge on any atom is -0.465 e. The maximum Gasteiger partial charge on any atom is 0.314 e. The maximum atomic E-state index is 12.2. The van der Waals surface area contributed by atoms with Crippen molar-refractivity contribution in [1.82, 2.24) is 0 Å². The smallest absolute Gasteiger partial charge is 0.314 e. The predicted octanol–water partition coefficient (Wildman–Crippen LogP) is 3.58. The van der Waals surface area contributed by atoms with Crippen LogP contribution in [0.1, 0.15) is 24.0 Å². The Labute approximate surface area is 119 Å². The van der Waals surface area contributed by atoms with Crippen LogP contribution in [0.15, 0.2) is 60.7 Å². The standard InChI is InChI=1S/C18H18O2/c1-18(12-14-8-4-2-5-9-14)13-20-17(19)16(18)15-10-6-3-7-11-15/h2-11,16H,12-13H2,1H3. The van der Waals surface area contributed by atoms with E-state index in [9.17, 15) is 4.79 Å². The molecule has 1 fully saturated rings. The van der Waals surface area contributed by atoms with Crippen LogP contribution in [-0.2, 0) is 16.0 Å². The third kappa shape index (κ3) is 2.34. The van der Waals surface area contributed by atoms with Crippen molar-refractivity contribution in [2.75, 3.05) is 6.61 Å². The summed E-state index contributed by atoms with van der Waals surface area (Å²) >= 11 is 0. The van der Waals surface area contributed by atoms with Gasteiger partial charge in [-0.2, -0.15) is 0 Å². The van der Waals surface area contributed by atoms with Crippen molar-refractivity contribution in [3.8, 4) is 0 Å². The van der Waals surface area contributed by atoms with Gasteiger partial charge in [-0.1, -0.05) is 67.6 Å². The fourth-order valence-corrected chi connectivity index (χ4v) is 3.09. The van der Waals surface area contributed by atoms with E-state index in [0.717, 1.165) is 12.0 Å². The fraction of sp³-hybridized carbons (Fsp3) is 0.278. The van der Waals surface area contributed by atoms with Crippen LogP contribution >= 0.6 is 0 Å². The molecule has 0 spiro atoms. The third-order valence-electron chi connectivity index (χ3n) is 4.06. The van der Waals surface area contributed by atoms with Crippen LogP contribution in [0.3, 0.4) is 0 Å². The Morgan fingerprint density at radius 3 is 2.30 bits per heavy atom. The number of cyclic esters (lactones) is 1. The van der Waals surface area contributed by atoms with E-state index < -0.39 is 0 Å². The molecule has 102 valence electrons. The van der Waals surface area contributed by atoms with Crippen LogP contribution in [0, 0.1) is 5.41 Å². The summed E-state index contributed by atoms with van der Waals surface area (Å²) < 4.78 is 5.37. The Hall–Kier alpha value is -2.09. The Balaban J connectivity index is 1.93. The second-order valence-corrected chi connectivity index (χ2v) is 5.77. The van der Waals surface area contributed by atoms with Crippen LogP contribution in [0.25, 0.3) is 0 Å². The summed E-state index contributed by atoms with van der Waals surface area (Å²) in [6.07, 6.45) is 0.846. The van der Waals surface area contributed by atoms with E-state index in [1.807, 2.05) is 48.5 Å². The normalized spacial score (nSPS) is 25.4. The van der Waals surface area contributed by atoms with Gasteiger partial charge in [-0.15, -0.1) is 0 Å². The van der Waals surface area contributed by atoms with Gasteiger partial charge in [-0.3, -0.25) is 4.79 Å². The summed E-state index contributed by atoms with van der Waals surface area (Å²) in [5, 5.41) is 0. The quantitative estimate of drug-likeness (QED) is 0.794. The first kappa shape index (κ1) is 12.9. The summed E-state index contributed by atoms with van der Waals surface area (Å²) in [6, 6.07) is 20.2. The molecule has 0 N–H and O–H groups in total. The van der Waals surface area contributed by atoms with E-state index in [4.69, 9.17) is 4.74 Å². The highest BCUT2D eigenvalue weighted by atomic mass is 16.5. The number of rotatable bonds is 3. The lowest BCUT2D eigenvalue weighted by Crippen LogP contribution is -2.28. The molecule has 2 unspecified atom stereocenters. The lowest BCUT2D eigenvalue weighted by molar-refractivity contribution is -0.139. The van der Waals surface area contributed by atoms with Gasteiger partial charge in [0.25, 0.3) is 0 Å². The molecule has 1 saturated heterocycles. The molecular weight excluding hydrogens is 248 g/mol. The minimum atomic E-state index is -0.181. The zero-order chi connectivity index (χ0) is 14.0. The van der Waals surface area contributed by atoms with Crippen molar-refractivity contribution in [3.63, 3.8) is 0 Å². The highest BCUT2D eigenvalue weighted by Gasteiger charge is 2.47. The maximum absolute atomic E-state index is 12.2. The first-order valence-electron chi connectivity index (χ1n) is 6.94. The van der Waals surface area contributed by atoms with Crippen molar-refractivity contribution in [3.05, 3.63) is 71.8 Å². The second kappa shape index (κ2) is 5.12. The summed E-state index contributed by atoms with van der Waals surface area (Å²) in [5.41, 5.74) is 2.11. The molecule has 2 aromatic carbocycles. The highest BCUT2D eigenvalue weighted by molar-refractivity contribution is 5.81. The van der Waals surface area contributed by atoms with E-state index in [-0.39, 0.29) is 17.3 Å². The zero-order valence-electron chi connectivity index (χ0n) is 11.6. The molecule has 0 bridgehead atoms. The summed E-state index contributed by atoms with van der Waals surface area (Å²) in [4.78, 5) is 12.2. The summed E-state index contributed by atoms with van der Waals surface area (Å²) in [6.45, 7) is 2.63. The SMILES string of the molecule is CC1(Cc2ccccc2)COC(=O)C1c1ccccc1. The predicted molar refractivity (Wildman–Crippen MR) is 78.4 cm³/mol. The molecule has 2 aromatic rings. The number of ether oxygens (including phenoxy) is 1. The van der Waals surface area contributed by atoms with Gasteiger partial charge < -0.3 is 4.74 Å². The molecule has 20 heavy (non-hydrogen) atoms. The molecule has 0 aromatic heterocycles. The first-order valence-corrected chi connectivity index (χ1v) is 6.94. The molecule has 2 nitrogen and oxygen atoms in total. The van der Waals surface area contributed by atoms with Gasteiger partial charge >= 0.3 is 5.97 Å². The van der Waals surface area contributed by atoms with E-state index in [1.165, 1.54) is 5.56 Å². The molecule has 3 rings (SSSR count). The third-order valence-corrected chi connectivity index (χ3v) is 4.06. The zero-order valence-corrected chi connectivity index (χ0v) is 11.6. The minimum absolute atomic E-state index is 0.102. The molecule has 1 aliphatic rings. The molecular formula is C18H18O2. The van der Waals surface area contributed by atoms with Gasteiger partial charge in [0.2, 0.25) is 0 Å². The number of carbonyl (C=O) groups excluding carboxylic acids is 1. The van der Waals surface area contributed by atoms with Gasteiger partial charge in [-0.05, 0) is 17.5 Å². The Morgan fingerprint density at radius 2 is 1.65 bits per heavy atom. The number of benzene rings is 2. The number of esters is 1. The van der Waals surface area contributed by atoms with Crippen LogP contribution in [0.4, 0.5) is 0 Å². The Bertz CT molecular complexity index is 591. The van der Waals surface area contributed by atoms with Crippen molar-refractivity contribution >= 4 is 5.97 Å². The van der Waals surface area contributed by atoms with Gasteiger partial charge in [-0.25, -0.2) is 0 Å². The van der Waals surface area contributed by atoms with Gasteiger partial charge in [0, 0.05) is 5.41 Å². The monoisotopic (exact) mass is 266 g/mol. The van der Waals surface area contributed by atoms with Crippen LogP contribution in [0.2, 0.25) is 0 Å². The number of hydrogen-bond donors (Lipinski definition) is 0. The van der Waals surface area contributed by atoms with E-state index >= 15 is 0 Å². The molecule has 1 aliphatic heterocycles. The van der Waals surface area contributed by atoms with E-state index in [2.05, 4.69) is 19.1 Å². The van der Waals surface area contributed by atoms with Crippen LogP contribution in [0.5, 0.6) is 0 Å². The largest absolute Gasteiger partial charge is 0.465 e. The lowest BCUT2D eigenvalue weighted by atomic mass is 9.72. The van der Waals surface area contributed by atoms with Crippen molar-refractivity contribution in [2.45, 2.75) is 19.3 Å². The number of carbonyl (C=O) groups is 1. The Kier molecular flexibility index (Phi) is 3.31. The van der Waals surface area contributed by atoms with Crippen LogP contribution in [-0.4, -0.2) is 12.6 Å². The molecule has 1 heterocycles. The van der Waals surface area contributed by atoms with E-state index in [0.29, 0.717) is 6.61 Å². The van der Waals surface area contributed by atoms with Crippen molar-refractivity contribution < 1.29 is 9.53 Å². The lowest BCUT2D eigenvalue weighted by Gasteiger charge is -2.27. The molecule has 0 amide bonds. The molecule has 0 aliphatic carbocycles. The van der Waals surface area contributed by atoms with Gasteiger partial charge in [0.1, 0.15) is 0 Å². The Morgan fingerprint density at radius 1 is 1.05 bits per heavy atom. The van der Waals surface area contributed by atoms with Crippen molar-refractivity contribution in [2.24, 2.45) is 5.41 Å². The molecule has 2 heteroatoms. The highest BCUT2D eigenvalue weighted by Crippen LogP contribution is 2.44. The summed E-state index contributed by atoms with van der Waals surface area (Å²) in [5.74, 6) is -0.279. The van der Waals surface area contributed by atoms with Crippen LogP contribution < -0.4 is 0 Å².